The average Bonchev–Trinajstić information content (AvgIpc) is 3.45. The van der Waals surface area contributed by atoms with E-state index in [0.29, 0.717) is 11.3 Å². The molecule has 0 heterocycles. The Morgan fingerprint density at radius 2 is 1.52 bits per heavy atom. The van der Waals surface area contributed by atoms with Gasteiger partial charge >= 0.3 is 0 Å². The van der Waals surface area contributed by atoms with Crippen molar-refractivity contribution in [2.45, 2.75) is 38.8 Å². The fraction of sp³-hybridized carbons (Fsp3) is 0.333. The zero-order chi connectivity index (χ0) is 19.4. The fourth-order valence-corrected chi connectivity index (χ4v) is 2.57. The standard InChI is InChI=1S/C21H24FN3O2/c1-13(2)20(26)24-17-9-7-16(8-10-17)23-19(21(27)25-18-11-12-18)14-3-5-15(22)6-4-14/h3-10,13,18-19,23H,11-12H2,1-2H3,(H,24,26)(H,25,27)/t19-/m1/s1. The first-order chi connectivity index (χ1) is 12.9. The molecule has 0 aromatic heterocycles. The van der Waals surface area contributed by atoms with Crippen LogP contribution in [-0.4, -0.2) is 17.9 Å². The van der Waals surface area contributed by atoms with Gasteiger partial charge in [0.2, 0.25) is 11.8 Å². The Kier molecular flexibility index (Phi) is 5.74. The van der Waals surface area contributed by atoms with Gasteiger partial charge in [-0.1, -0.05) is 26.0 Å². The predicted octanol–water partition coefficient (Wildman–Crippen LogP) is 3.85. The van der Waals surface area contributed by atoms with Gasteiger partial charge in [0.15, 0.2) is 0 Å². The Morgan fingerprint density at radius 1 is 0.926 bits per heavy atom. The lowest BCUT2D eigenvalue weighted by Gasteiger charge is -2.20. The number of halogens is 1. The number of carbonyl (C=O) groups is 2. The van der Waals surface area contributed by atoms with Crippen molar-refractivity contribution >= 4 is 23.2 Å². The SMILES string of the molecule is CC(C)C(=O)Nc1ccc(N[C@@H](C(=O)NC2CC2)c2ccc(F)cc2)cc1. The van der Waals surface area contributed by atoms with Crippen molar-refractivity contribution in [2.24, 2.45) is 5.92 Å². The quantitative estimate of drug-likeness (QED) is 0.694. The third-order valence-electron chi connectivity index (χ3n) is 4.38. The van der Waals surface area contributed by atoms with E-state index in [-0.39, 0.29) is 29.6 Å². The van der Waals surface area contributed by atoms with Crippen LogP contribution >= 0.6 is 0 Å². The van der Waals surface area contributed by atoms with Gasteiger partial charge in [0.1, 0.15) is 11.9 Å². The molecule has 27 heavy (non-hydrogen) atoms. The van der Waals surface area contributed by atoms with Gasteiger partial charge in [-0.25, -0.2) is 4.39 Å². The van der Waals surface area contributed by atoms with E-state index in [1.807, 2.05) is 13.8 Å². The lowest BCUT2D eigenvalue weighted by Crippen LogP contribution is -2.34. The van der Waals surface area contributed by atoms with Crippen molar-refractivity contribution in [3.8, 4) is 0 Å². The van der Waals surface area contributed by atoms with Crippen LogP contribution < -0.4 is 16.0 Å². The van der Waals surface area contributed by atoms with Crippen LogP contribution in [0.1, 0.15) is 38.3 Å². The number of hydrogen-bond donors (Lipinski definition) is 3. The number of carbonyl (C=O) groups excluding carboxylic acids is 2. The van der Waals surface area contributed by atoms with E-state index >= 15 is 0 Å². The van der Waals surface area contributed by atoms with Crippen LogP contribution in [0.5, 0.6) is 0 Å². The molecule has 0 spiro atoms. The number of anilines is 2. The second kappa shape index (κ2) is 8.20. The Hall–Kier alpha value is -2.89. The maximum Gasteiger partial charge on any atom is 0.247 e. The van der Waals surface area contributed by atoms with Gasteiger partial charge in [0.25, 0.3) is 0 Å². The molecule has 1 aliphatic rings. The Morgan fingerprint density at radius 3 is 2.07 bits per heavy atom. The molecule has 142 valence electrons. The van der Waals surface area contributed by atoms with Gasteiger partial charge in [-0.15, -0.1) is 0 Å². The van der Waals surface area contributed by atoms with Gasteiger partial charge < -0.3 is 16.0 Å². The first kappa shape index (κ1) is 18.9. The molecule has 1 atom stereocenters. The largest absolute Gasteiger partial charge is 0.370 e. The summed E-state index contributed by atoms with van der Waals surface area (Å²) in [7, 11) is 0. The maximum absolute atomic E-state index is 13.2. The van der Waals surface area contributed by atoms with Gasteiger partial charge in [-0.2, -0.15) is 0 Å². The van der Waals surface area contributed by atoms with Crippen molar-refractivity contribution in [3.63, 3.8) is 0 Å². The molecule has 0 radical (unpaired) electrons. The molecule has 0 saturated heterocycles. The van der Waals surface area contributed by atoms with E-state index < -0.39 is 6.04 Å². The average molecular weight is 369 g/mol. The van der Waals surface area contributed by atoms with E-state index in [2.05, 4.69) is 16.0 Å². The third-order valence-corrected chi connectivity index (χ3v) is 4.38. The molecule has 0 unspecified atom stereocenters. The number of benzene rings is 2. The zero-order valence-electron chi connectivity index (χ0n) is 15.5. The molecular weight excluding hydrogens is 345 g/mol. The van der Waals surface area contributed by atoms with Crippen molar-refractivity contribution in [2.75, 3.05) is 10.6 Å². The molecular formula is C21H24FN3O2. The Bertz CT molecular complexity index is 799. The van der Waals surface area contributed by atoms with Gasteiger partial charge in [-0.05, 0) is 54.8 Å². The second-order valence-electron chi connectivity index (χ2n) is 7.13. The molecule has 1 saturated carbocycles. The monoisotopic (exact) mass is 369 g/mol. The molecule has 2 aromatic rings. The van der Waals surface area contributed by atoms with Gasteiger partial charge in [0.05, 0.1) is 0 Å². The van der Waals surface area contributed by atoms with Crippen LogP contribution in [0.15, 0.2) is 48.5 Å². The third kappa shape index (κ3) is 5.29. The Labute approximate surface area is 158 Å². The minimum Gasteiger partial charge on any atom is -0.370 e. The first-order valence-corrected chi connectivity index (χ1v) is 9.15. The summed E-state index contributed by atoms with van der Waals surface area (Å²) in [6.07, 6.45) is 1.98. The van der Waals surface area contributed by atoms with E-state index in [4.69, 9.17) is 0 Å². The van der Waals surface area contributed by atoms with E-state index in [1.165, 1.54) is 12.1 Å². The van der Waals surface area contributed by atoms with Gasteiger partial charge in [-0.3, -0.25) is 9.59 Å². The van der Waals surface area contributed by atoms with E-state index in [9.17, 15) is 14.0 Å². The zero-order valence-corrected chi connectivity index (χ0v) is 15.5. The maximum atomic E-state index is 13.2. The van der Waals surface area contributed by atoms with Crippen molar-refractivity contribution in [1.29, 1.82) is 0 Å². The second-order valence-corrected chi connectivity index (χ2v) is 7.13. The van der Waals surface area contributed by atoms with Crippen LogP contribution in [0.25, 0.3) is 0 Å². The lowest BCUT2D eigenvalue weighted by molar-refractivity contribution is -0.122. The van der Waals surface area contributed by atoms with Crippen LogP contribution in [0, 0.1) is 11.7 Å². The smallest absolute Gasteiger partial charge is 0.247 e. The highest BCUT2D eigenvalue weighted by Gasteiger charge is 2.28. The summed E-state index contributed by atoms with van der Waals surface area (Å²) < 4.78 is 13.2. The summed E-state index contributed by atoms with van der Waals surface area (Å²) in [4.78, 5) is 24.4. The normalized spacial score (nSPS) is 14.5. The summed E-state index contributed by atoms with van der Waals surface area (Å²) >= 11 is 0. The summed E-state index contributed by atoms with van der Waals surface area (Å²) in [5.41, 5.74) is 2.12. The van der Waals surface area contributed by atoms with Gasteiger partial charge in [0, 0.05) is 23.3 Å². The first-order valence-electron chi connectivity index (χ1n) is 9.15. The topological polar surface area (TPSA) is 70.2 Å². The molecule has 1 aliphatic carbocycles. The van der Waals surface area contributed by atoms with Crippen LogP contribution in [0.3, 0.4) is 0 Å². The minimum atomic E-state index is -0.623. The molecule has 1 fully saturated rings. The summed E-state index contributed by atoms with van der Waals surface area (Å²) in [5, 5.41) is 9.02. The number of hydrogen-bond acceptors (Lipinski definition) is 3. The van der Waals surface area contributed by atoms with Crippen LogP contribution in [0.2, 0.25) is 0 Å². The van der Waals surface area contributed by atoms with Crippen molar-refractivity contribution in [1.82, 2.24) is 5.32 Å². The van der Waals surface area contributed by atoms with E-state index in [0.717, 1.165) is 18.5 Å². The predicted molar refractivity (Wildman–Crippen MR) is 104 cm³/mol. The molecule has 2 amide bonds. The molecule has 0 bridgehead atoms. The summed E-state index contributed by atoms with van der Waals surface area (Å²) in [6, 6.07) is 12.7. The highest BCUT2D eigenvalue weighted by molar-refractivity contribution is 5.92. The lowest BCUT2D eigenvalue weighted by atomic mass is 10.1. The van der Waals surface area contributed by atoms with Crippen LogP contribution in [-0.2, 0) is 9.59 Å². The molecule has 6 heteroatoms. The summed E-state index contributed by atoms with van der Waals surface area (Å²) in [5.74, 6) is -0.632. The van der Waals surface area contributed by atoms with Crippen LogP contribution in [0.4, 0.5) is 15.8 Å². The summed E-state index contributed by atoms with van der Waals surface area (Å²) in [6.45, 7) is 3.66. The molecule has 0 aliphatic heterocycles. The highest BCUT2D eigenvalue weighted by Crippen LogP contribution is 2.25. The van der Waals surface area contributed by atoms with Crippen molar-refractivity contribution < 1.29 is 14.0 Å². The highest BCUT2D eigenvalue weighted by atomic mass is 19.1. The Balaban J connectivity index is 1.73. The number of rotatable bonds is 7. The number of amides is 2. The molecule has 3 N–H and O–H groups in total. The molecule has 3 rings (SSSR count). The minimum absolute atomic E-state index is 0.0521. The fourth-order valence-electron chi connectivity index (χ4n) is 2.57. The van der Waals surface area contributed by atoms with E-state index in [1.54, 1.807) is 36.4 Å². The number of nitrogens with one attached hydrogen (secondary N) is 3. The molecule has 2 aromatic carbocycles. The van der Waals surface area contributed by atoms with Crippen molar-refractivity contribution in [3.05, 3.63) is 59.9 Å². The molecule has 5 nitrogen and oxygen atoms in total.